The molecule has 0 aromatic heterocycles. The van der Waals surface area contributed by atoms with Crippen LogP contribution in [0.3, 0.4) is 0 Å². The molecule has 1 unspecified atom stereocenters. The second-order valence-corrected chi connectivity index (χ2v) is 3.01. The number of alkyl halides is 1. The third-order valence-corrected chi connectivity index (χ3v) is 2.20. The van der Waals surface area contributed by atoms with E-state index >= 15 is 0 Å². The Morgan fingerprint density at radius 3 is 2.36 bits per heavy atom. The number of rotatable bonds is 2. The molecule has 11 heavy (non-hydrogen) atoms. The van der Waals surface area contributed by atoms with Crippen LogP contribution < -0.4 is 5.11 Å². The van der Waals surface area contributed by atoms with Gasteiger partial charge in [0, 0.05) is 0 Å². The van der Waals surface area contributed by atoms with Crippen LogP contribution in [-0.2, 0) is 4.79 Å². The summed E-state index contributed by atoms with van der Waals surface area (Å²) in [5.74, 6) is -1.11. The van der Waals surface area contributed by atoms with Crippen molar-refractivity contribution in [3.63, 3.8) is 0 Å². The van der Waals surface area contributed by atoms with Gasteiger partial charge in [-0.1, -0.05) is 46.3 Å². The molecule has 3 heteroatoms. The summed E-state index contributed by atoms with van der Waals surface area (Å²) in [6, 6.07) is 8.86. The molecule has 0 saturated carbocycles. The lowest BCUT2D eigenvalue weighted by Gasteiger charge is -2.09. The molecule has 1 aromatic carbocycles. The predicted octanol–water partition coefficient (Wildman–Crippen LogP) is 0.872. The highest BCUT2D eigenvalue weighted by molar-refractivity contribution is 9.09. The van der Waals surface area contributed by atoms with E-state index in [4.69, 9.17) is 0 Å². The van der Waals surface area contributed by atoms with Crippen LogP contribution in [0.1, 0.15) is 10.4 Å². The van der Waals surface area contributed by atoms with Crippen LogP contribution in [-0.4, -0.2) is 5.97 Å². The second kappa shape index (κ2) is 3.53. The molecule has 0 heterocycles. The van der Waals surface area contributed by atoms with E-state index in [0.717, 1.165) is 0 Å². The summed E-state index contributed by atoms with van der Waals surface area (Å²) in [5.41, 5.74) is 0.701. The van der Waals surface area contributed by atoms with Crippen molar-refractivity contribution < 1.29 is 9.90 Å². The van der Waals surface area contributed by atoms with Crippen molar-refractivity contribution >= 4 is 21.9 Å². The van der Waals surface area contributed by atoms with Crippen molar-refractivity contribution in [2.24, 2.45) is 0 Å². The van der Waals surface area contributed by atoms with Crippen LogP contribution >= 0.6 is 15.9 Å². The Morgan fingerprint density at radius 1 is 1.36 bits per heavy atom. The van der Waals surface area contributed by atoms with E-state index in [1.807, 2.05) is 6.07 Å². The summed E-state index contributed by atoms with van der Waals surface area (Å²) in [6.45, 7) is 0. The van der Waals surface area contributed by atoms with Crippen LogP contribution in [0.25, 0.3) is 0 Å². The first-order valence-electron chi connectivity index (χ1n) is 3.11. The normalized spacial score (nSPS) is 12.5. The molecular weight excluding hydrogens is 208 g/mol. The van der Waals surface area contributed by atoms with Crippen molar-refractivity contribution in [1.82, 2.24) is 0 Å². The van der Waals surface area contributed by atoms with E-state index in [0.29, 0.717) is 5.56 Å². The fourth-order valence-electron chi connectivity index (χ4n) is 0.758. The molecule has 1 aromatic rings. The smallest absolute Gasteiger partial charge is 0.0790 e. The Kier molecular flexibility index (Phi) is 2.65. The Balaban J connectivity index is 2.85. The summed E-state index contributed by atoms with van der Waals surface area (Å²) < 4.78 is 0. The predicted molar refractivity (Wildman–Crippen MR) is 43.1 cm³/mol. The van der Waals surface area contributed by atoms with E-state index in [2.05, 4.69) is 15.9 Å². The summed E-state index contributed by atoms with van der Waals surface area (Å²) in [4.78, 5) is 9.64. The highest BCUT2D eigenvalue weighted by Gasteiger charge is 2.05. The molecule has 0 saturated heterocycles. The van der Waals surface area contributed by atoms with E-state index in [1.54, 1.807) is 24.3 Å². The van der Waals surface area contributed by atoms with Gasteiger partial charge in [0.1, 0.15) is 0 Å². The standard InChI is InChI=1S/C8H7BrO2/c9-7(8(10)11)6-4-2-1-3-5-6/h1-5,7H,(H,10,11)/p-1. The van der Waals surface area contributed by atoms with Crippen molar-refractivity contribution in [2.45, 2.75) is 4.83 Å². The average Bonchev–Trinajstić information content (AvgIpc) is 2.05. The van der Waals surface area contributed by atoms with Crippen molar-refractivity contribution in [2.75, 3.05) is 0 Å². The van der Waals surface area contributed by atoms with Crippen LogP contribution in [0.4, 0.5) is 0 Å². The topological polar surface area (TPSA) is 40.1 Å². The van der Waals surface area contributed by atoms with Gasteiger partial charge in [-0.25, -0.2) is 0 Å². The third-order valence-electron chi connectivity index (χ3n) is 1.30. The van der Waals surface area contributed by atoms with Gasteiger partial charge in [-0.3, -0.25) is 0 Å². The zero-order valence-corrected chi connectivity index (χ0v) is 7.24. The molecule has 0 fully saturated rings. The Morgan fingerprint density at radius 2 is 1.91 bits per heavy atom. The Hall–Kier alpha value is -0.830. The van der Waals surface area contributed by atoms with Crippen LogP contribution in [0, 0.1) is 0 Å². The van der Waals surface area contributed by atoms with Gasteiger partial charge < -0.3 is 9.90 Å². The fourth-order valence-corrected chi connectivity index (χ4v) is 1.06. The lowest BCUT2D eigenvalue weighted by Crippen LogP contribution is -2.26. The molecule has 0 aliphatic rings. The van der Waals surface area contributed by atoms with Crippen molar-refractivity contribution in [1.29, 1.82) is 0 Å². The molecular formula is C8H6BrO2-. The van der Waals surface area contributed by atoms with Gasteiger partial charge in [0.2, 0.25) is 0 Å². The quantitative estimate of drug-likeness (QED) is 0.685. The molecule has 2 nitrogen and oxygen atoms in total. The number of hydrogen-bond donors (Lipinski definition) is 0. The minimum absolute atomic E-state index is 0.701. The molecule has 0 radical (unpaired) electrons. The SMILES string of the molecule is O=C([O-])C(Br)c1ccccc1. The molecule has 0 aliphatic carbocycles. The maximum atomic E-state index is 10.3. The minimum Gasteiger partial charge on any atom is -0.549 e. The maximum Gasteiger partial charge on any atom is 0.0790 e. The van der Waals surface area contributed by atoms with E-state index < -0.39 is 10.8 Å². The second-order valence-electron chi connectivity index (χ2n) is 2.09. The zero-order valence-electron chi connectivity index (χ0n) is 5.66. The first kappa shape index (κ1) is 8.27. The van der Waals surface area contributed by atoms with Gasteiger partial charge in [-0.05, 0) is 5.56 Å². The van der Waals surface area contributed by atoms with E-state index in [1.165, 1.54) is 0 Å². The average molecular weight is 214 g/mol. The number of aliphatic carboxylic acids is 1. The first-order valence-corrected chi connectivity index (χ1v) is 4.03. The number of carboxylic acids is 1. The highest BCUT2D eigenvalue weighted by Crippen LogP contribution is 2.20. The molecule has 58 valence electrons. The zero-order chi connectivity index (χ0) is 8.27. The number of halogens is 1. The van der Waals surface area contributed by atoms with Crippen molar-refractivity contribution in [3.05, 3.63) is 35.9 Å². The van der Waals surface area contributed by atoms with Gasteiger partial charge >= 0.3 is 0 Å². The van der Waals surface area contributed by atoms with Crippen LogP contribution in [0.5, 0.6) is 0 Å². The third kappa shape index (κ3) is 2.05. The summed E-state index contributed by atoms with van der Waals surface area (Å²) in [6.07, 6.45) is 0. The van der Waals surface area contributed by atoms with Crippen molar-refractivity contribution in [3.8, 4) is 0 Å². The van der Waals surface area contributed by atoms with Gasteiger partial charge in [0.25, 0.3) is 0 Å². The van der Waals surface area contributed by atoms with Gasteiger partial charge in [-0.2, -0.15) is 0 Å². The monoisotopic (exact) mass is 213 g/mol. The number of hydrogen-bond acceptors (Lipinski definition) is 2. The molecule has 0 amide bonds. The number of carboxylic acid groups (broad SMARTS) is 1. The minimum atomic E-state index is -1.11. The van der Waals surface area contributed by atoms with Crippen LogP contribution in [0.15, 0.2) is 30.3 Å². The Labute approximate surface area is 73.0 Å². The van der Waals surface area contributed by atoms with Gasteiger partial charge in [0.15, 0.2) is 0 Å². The van der Waals surface area contributed by atoms with E-state index in [9.17, 15) is 9.90 Å². The highest BCUT2D eigenvalue weighted by atomic mass is 79.9. The van der Waals surface area contributed by atoms with E-state index in [-0.39, 0.29) is 0 Å². The molecule has 0 aliphatic heterocycles. The summed E-state index contributed by atoms with van der Waals surface area (Å²) in [7, 11) is 0. The van der Waals surface area contributed by atoms with Crippen LogP contribution in [0.2, 0.25) is 0 Å². The van der Waals surface area contributed by atoms with Gasteiger partial charge in [-0.15, -0.1) is 0 Å². The lowest BCUT2D eigenvalue weighted by atomic mass is 10.2. The molecule has 1 rings (SSSR count). The molecule has 1 atom stereocenters. The largest absolute Gasteiger partial charge is 0.549 e. The number of benzene rings is 1. The Bertz CT molecular complexity index is 246. The number of carbonyl (C=O) groups is 1. The maximum absolute atomic E-state index is 10.3. The summed E-state index contributed by atoms with van der Waals surface area (Å²) >= 11 is 2.99. The lowest BCUT2D eigenvalue weighted by molar-refractivity contribution is -0.304. The van der Waals surface area contributed by atoms with Gasteiger partial charge in [0.05, 0.1) is 10.8 Å². The first-order chi connectivity index (χ1) is 5.22. The summed E-state index contributed by atoms with van der Waals surface area (Å²) in [5, 5.41) is 10.3. The number of carbonyl (C=O) groups excluding carboxylic acids is 1. The fraction of sp³-hybridized carbons (Fsp3) is 0.125. The molecule has 0 bridgehead atoms. The molecule has 0 spiro atoms. The molecule has 0 N–H and O–H groups in total.